The highest BCUT2D eigenvalue weighted by Gasteiger charge is 2.29. The number of ether oxygens (including phenoxy) is 2. The van der Waals surface area contributed by atoms with Crippen molar-refractivity contribution in [3.8, 4) is 0 Å². The van der Waals surface area contributed by atoms with Crippen LogP contribution in [0.25, 0.3) is 4.98 Å². The molecule has 0 aliphatic heterocycles. The first kappa shape index (κ1) is 13.7. The van der Waals surface area contributed by atoms with Crippen molar-refractivity contribution < 1.29 is 19.4 Å². The van der Waals surface area contributed by atoms with Gasteiger partial charge in [-0.15, -0.1) is 0 Å². The van der Waals surface area contributed by atoms with Gasteiger partial charge >= 0.3 is 11.7 Å². The van der Waals surface area contributed by atoms with Crippen molar-refractivity contribution in [1.82, 2.24) is 0 Å². The SMILES string of the molecule is COC(=O)/C([N+]#N)=C(\O)COCc1ccccc1. The quantitative estimate of drug-likeness (QED) is 0.373. The monoisotopic (exact) mass is 249 g/mol. The van der Waals surface area contributed by atoms with E-state index in [1.807, 2.05) is 30.3 Å². The lowest BCUT2D eigenvalue weighted by Crippen LogP contribution is -2.08. The Kier molecular flexibility index (Phi) is 5.35. The molecule has 0 fully saturated rings. The Morgan fingerprint density at radius 3 is 2.61 bits per heavy atom. The van der Waals surface area contributed by atoms with Gasteiger partial charge in [-0.1, -0.05) is 30.3 Å². The molecule has 1 rings (SSSR count). The van der Waals surface area contributed by atoms with Crippen LogP contribution in [0, 0.1) is 5.39 Å². The summed E-state index contributed by atoms with van der Waals surface area (Å²) in [5.41, 5.74) is 0.358. The van der Waals surface area contributed by atoms with Crippen LogP contribution in [0.2, 0.25) is 0 Å². The van der Waals surface area contributed by atoms with Crippen molar-refractivity contribution >= 4 is 5.97 Å². The molecule has 1 aromatic carbocycles. The number of aliphatic hydroxyl groups is 1. The summed E-state index contributed by atoms with van der Waals surface area (Å²) in [5, 5.41) is 18.1. The van der Waals surface area contributed by atoms with Crippen LogP contribution in [0.15, 0.2) is 41.8 Å². The highest BCUT2D eigenvalue weighted by molar-refractivity contribution is 5.90. The Labute approximate surface area is 104 Å². The van der Waals surface area contributed by atoms with E-state index in [-0.39, 0.29) is 13.2 Å². The van der Waals surface area contributed by atoms with Gasteiger partial charge in [0.15, 0.2) is 4.98 Å². The number of diazo groups is 1. The molecule has 18 heavy (non-hydrogen) atoms. The normalized spacial score (nSPS) is 11.3. The number of carbonyl (C=O) groups excluding carboxylic acids is 1. The Bertz CT molecular complexity index is 477. The van der Waals surface area contributed by atoms with E-state index in [9.17, 15) is 9.90 Å². The van der Waals surface area contributed by atoms with E-state index in [1.165, 1.54) is 0 Å². The van der Waals surface area contributed by atoms with Crippen LogP contribution < -0.4 is 0 Å². The van der Waals surface area contributed by atoms with Crippen molar-refractivity contribution in [1.29, 1.82) is 5.39 Å². The highest BCUT2D eigenvalue weighted by Crippen LogP contribution is 2.08. The van der Waals surface area contributed by atoms with E-state index in [0.717, 1.165) is 12.7 Å². The molecule has 1 aromatic rings. The largest absolute Gasteiger partial charge is 0.507 e. The first-order chi connectivity index (χ1) is 8.69. The van der Waals surface area contributed by atoms with E-state index in [1.54, 1.807) is 0 Å². The van der Waals surface area contributed by atoms with Crippen LogP contribution in [-0.2, 0) is 20.9 Å². The maximum absolute atomic E-state index is 11.1. The molecule has 94 valence electrons. The average Bonchev–Trinajstić information content (AvgIpc) is 2.40. The number of aliphatic hydroxyl groups excluding tert-OH is 1. The number of methoxy groups -OCH3 is 1. The number of nitrogens with zero attached hydrogens (tertiary/aromatic N) is 2. The van der Waals surface area contributed by atoms with Gasteiger partial charge in [0.05, 0.1) is 13.7 Å². The highest BCUT2D eigenvalue weighted by atomic mass is 16.5. The summed E-state index contributed by atoms with van der Waals surface area (Å²) in [5.74, 6) is -1.42. The Hall–Kier alpha value is -2.39. The van der Waals surface area contributed by atoms with Crippen molar-refractivity contribution in [3.63, 3.8) is 0 Å². The fraction of sp³-hybridized carbons (Fsp3) is 0.250. The number of benzene rings is 1. The predicted molar refractivity (Wildman–Crippen MR) is 62.9 cm³/mol. The van der Waals surface area contributed by atoms with Crippen molar-refractivity contribution in [3.05, 3.63) is 52.3 Å². The van der Waals surface area contributed by atoms with Gasteiger partial charge in [-0.2, -0.15) is 0 Å². The third-order valence-electron chi connectivity index (χ3n) is 2.10. The number of carbonyl (C=O) groups is 1. The molecule has 0 amide bonds. The van der Waals surface area contributed by atoms with Crippen molar-refractivity contribution in [2.45, 2.75) is 6.61 Å². The first-order valence-corrected chi connectivity index (χ1v) is 5.16. The fourth-order valence-corrected chi connectivity index (χ4v) is 1.22. The second kappa shape index (κ2) is 7.04. The standard InChI is InChI=1S/C12H12N2O4/c1-17-12(16)11(14-13)10(15)8-18-7-9-5-3-2-4-6-9/h2-6H,7-8H2,1H3/p+1. The minimum Gasteiger partial charge on any atom is -0.503 e. The zero-order valence-electron chi connectivity index (χ0n) is 9.87. The summed E-state index contributed by atoms with van der Waals surface area (Å²) in [7, 11) is 1.12. The molecule has 0 radical (unpaired) electrons. The lowest BCUT2D eigenvalue weighted by molar-refractivity contribution is -0.136. The van der Waals surface area contributed by atoms with Gasteiger partial charge in [0.25, 0.3) is 0 Å². The molecule has 6 heteroatoms. The van der Waals surface area contributed by atoms with E-state index >= 15 is 0 Å². The molecule has 0 aliphatic carbocycles. The molecule has 6 nitrogen and oxygen atoms in total. The second-order valence-electron chi connectivity index (χ2n) is 3.37. The molecular weight excluding hydrogens is 236 g/mol. The molecule has 0 unspecified atom stereocenters. The van der Waals surface area contributed by atoms with Crippen LogP contribution in [0.3, 0.4) is 0 Å². The molecule has 0 aliphatic rings. The number of hydrogen-bond donors (Lipinski definition) is 1. The third kappa shape index (κ3) is 3.88. The van der Waals surface area contributed by atoms with E-state index in [0.29, 0.717) is 0 Å². The number of rotatable bonds is 5. The number of hydrogen-bond acceptors (Lipinski definition) is 5. The summed E-state index contributed by atoms with van der Waals surface area (Å²) < 4.78 is 9.50. The van der Waals surface area contributed by atoms with Crippen LogP contribution in [-0.4, -0.2) is 24.8 Å². The summed E-state index contributed by atoms with van der Waals surface area (Å²) >= 11 is 0. The lowest BCUT2D eigenvalue weighted by Gasteiger charge is -2.02. The van der Waals surface area contributed by atoms with Gasteiger partial charge in [0.1, 0.15) is 6.61 Å². The Morgan fingerprint density at radius 2 is 2.06 bits per heavy atom. The summed E-state index contributed by atoms with van der Waals surface area (Å²) in [6.07, 6.45) is 0. The van der Waals surface area contributed by atoms with Crippen LogP contribution >= 0.6 is 0 Å². The minimum atomic E-state index is -0.932. The summed E-state index contributed by atoms with van der Waals surface area (Å²) in [6.45, 7) is 0.0220. The van der Waals surface area contributed by atoms with Crippen LogP contribution in [0.1, 0.15) is 5.56 Å². The summed E-state index contributed by atoms with van der Waals surface area (Å²) in [4.78, 5) is 13.7. The first-order valence-electron chi connectivity index (χ1n) is 5.16. The Balaban J connectivity index is 2.55. The van der Waals surface area contributed by atoms with Crippen LogP contribution in [0.4, 0.5) is 0 Å². The van der Waals surface area contributed by atoms with Gasteiger partial charge in [-0.05, 0) is 5.56 Å². The molecule has 0 bridgehead atoms. The van der Waals surface area contributed by atoms with E-state index in [2.05, 4.69) is 9.71 Å². The molecule has 0 heterocycles. The molecule has 0 atom stereocenters. The molecule has 0 aromatic heterocycles. The third-order valence-corrected chi connectivity index (χ3v) is 2.10. The molecular formula is C12H13N2O4+. The van der Waals surface area contributed by atoms with Crippen molar-refractivity contribution in [2.24, 2.45) is 0 Å². The van der Waals surface area contributed by atoms with E-state index < -0.39 is 17.4 Å². The van der Waals surface area contributed by atoms with Crippen molar-refractivity contribution in [2.75, 3.05) is 13.7 Å². The topological polar surface area (TPSA) is 83.9 Å². The van der Waals surface area contributed by atoms with Gasteiger partial charge in [0, 0.05) is 0 Å². The fourth-order valence-electron chi connectivity index (χ4n) is 1.22. The van der Waals surface area contributed by atoms with Gasteiger partial charge in [0.2, 0.25) is 11.2 Å². The van der Waals surface area contributed by atoms with E-state index in [4.69, 9.17) is 10.1 Å². The molecule has 0 spiro atoms. The molecule has 0 saturated carbocycles. The van der Waals surface area contributed by atoms with Gasteiger partial charge in [-0.3, -0.25) is 0 Å². The Morgan fingerprint density at radius 1 is 1.39 bits per heavy atom. The molecule has 0 saturated heterocycles. The maximum atomic E-state index is 11.1. The minimum absolute atomic E-state index is 0.247. The predicted octanol–water partition coefficient (Wildman–Crippen LogP) is 2.00. The zero-order chi connectivity index (χ0) is 13.4. The lowest BCUT2D eigenvalue weighted by atomic mass is 10.2. The van der Waals surface area contributed by atoms with Gasteiger partial charge in [-0.25, -0.2) is 4.79 Å². The summed E-state index contributed by atoms with van der Waals surface area (Å²) in [6, 6.07) is 9.31. The zero-order valence-corrected chi connectivity index (χ0v) is 9.87. The maximum Gasteiger partial charge on any atom is 0.507 e. The van der Waals surface area contributed by atoms with Crippen LogP contribution in [0.5, 0.6) is 0 Å². The smallest absolute Gasteiger partial charge is 0.503 e. The average molecular weight is 249 g/mol. The second-order valence-corrected chi connectivity index (χ2v) is 3.37. The van der Waals surface area contributed by atoms with Gasteiger partial charge < -0.3 is 14.6 Å². The number of esters is 1. The molecule has 1 N–H and O–H groups in total.